The van der Waals surface area contributed by atoms with Crippen LogP contribution >= 0.6 is 0 Å². The lowest BCUT2D eigenvalue weighted by Crippen LogP contribution is -2.23. The standard InChI is InChI=1S/2C6H9N3.2C6H5NO2.H2O/c2*1-4-3-5(2)9-6(7)8-4;2*8-6(9)5-3-1-2-4-7-5;/h2*3H,1-2H3,(H2,7,8,9);2*1-4H,(H,8,9);1H2. The van der Waals surface area contributed by atoms with E-state index in [9.17, 15) is 19.8 Å². The summed E-state index contributed by atoms with van der Waals surface area (Å²) in [5, 5.41) is 20.1. The van der Waals surface area contributed by atoms with E-state index in [1.165, 1.54) is 24.5 Å². The highest BCUT2D eigenvalue weighted by atomic mass is 16.4. The van der Waals surface area contributed by atoms with Gasteiger partial charge in [-0.15, -0.1) is 0 Å². The van der Waals surface area contributed by atoms with Crippen LogP contribution in [0.3, 0.4) is 0 Å². The van der Waals surface area contributed by atoms with Crippen molar-refractivity contribution in [1.29, 1.82) is 0 Å². The molecule has 0 radical (unpaired) electrons. The summed E-state index contributed by atoms with van der Waals surface area (Å²) in [6, 6.07) is 13.1. The highest BCUT2D eigenvalue weighted by molar-refractivity contribution is 5.83. The van der Waals surface area contributed by atoms with Gasteiger partial charge in [-0.05, 0) is 52.0 Å². The predicted molar refractivity (Wildman–Crippen MR) is 130 cm³/mol. The quantitative estimate of drug-likeness (QED) is 0.308. The molecule has 8 N–H and O–H groups in total. The predicted octanol–water partition coefficient (Wildman–Crippen LogP) is -1.75. The third-order valence-electron chi connectivity index (χ3n) is 3.84. The Morgan fingerprint density at radius 2 is 1.05 bits per heavy atom. The molecule has 13 nitrogen and oxygen atoms in total. The summed E-state index contributed by atoms with van der Waals surface area (Å²) < 4.78 is 0. The maximum Gasteiger partial charge on any atom is 0.387 e. The first-order chi connectivity index (χ1) is 17.0. The second-order valence-corrected chi connectivity index (χ2v) is 7.19. The van der Waals surface area contributed by atoms with E-state index in [-0.39, 0.29) is 16.9 Å². The van der Waals surface area contributed by atoms with Crippen LogP contribution < -0.4 is 31.6 Å². The Morgan fingerprint density at radius 3 is 1.24 bits per heavy atom. The summed E-state index contributed by atoms with van der Waals surface area (Å²) >= 11 is 0. The van der Waals surface area contributed by atoms with Crippen LogP contribution in [0.1, 0.15) is 43.8 Å². The van der Waals surface area contributed by atoms with Crippen molar-refractivity contribution >= 4 is 23.8 Å². The Morgan fingerprint density at radius 1 is 0.703 bits per heavy atom. The Labute approximate surface area is 213 Å². The molecule has 0 aliphatic carbocycles. The van der Waals surface area contributed by atoms with Crippen molar-refractivity contribution in [2.45, 2.75) is 27.7 Å². The van der Waals surface area contributed by atoms with Crippen molar-refractivity contribution in [3.8, 4) is 0 Å². The number of nitrogens with two attached hydrogens (primary N) is 2. The fourth-order valence-electron chi connectivity index (χ4n) is 2.57. The number of carbonyl (C=O) groups is 2. The molecule has 0 spiro atoms. The lowest BCUT2D eigenvalue weighted by atomic mass is 10.4. The monoisotopic (exact) mass is 510 g/mol. The van der Waals surface area contributed by atoms with Gasteiger partial charge in [0.2, 0.25) is 0 Å². The zero-order valence-corrected chi connectivity index (χ0v) is 20.9. The topological polar surface area (TPSA) is 244 Å². The molecule has 4 heterocycles. The minimum atomic E-state index is -1.24. The third-order valence-corrected chi connectivity index (χ3v) is 3.84. The molecule has 0 saturated carbocycles. The molecular formula is C24H30N8O5. The van der Waals surface area contributed by atoms with Crippen molar-refractivity contribution in [2.75, 3.05) is 11.5 Å². The normalized spacial score (nSPS) is 8.97. The number of nitrogens with one attached hydrogen (secondary N) is 2. The number of carboxylic acid groups (broad SMARTS) is 2. The van der Waals surface area contributed by atoms with Gasteiger partial charge < -0.3 is 25.3 Å². The van der Waals surface area contributed by atoms with Gasteiger partial charge in [0, 0.05) is 24.5 Å². The van der Waals surface area contributed by atoms with Gasteiger partial charge in [0.1, 0.15) is 11.4 Å². The highest BCUT2D eigenvalue weighted by Gasteiger charge is 1.99. The lowest BCUT2D eigenvalue weighted by molar-refractivity contribution is -0.374. The van der Waals surface area contributed by atoms with E-state index in [0.717, 1.165) is 22.8 Å². The molecular weight excluding hydrogens is 480 g/mol. The molecule has 0 fully saturated rings. The Hall–Kier alpha value is -5.04. The van der Waals surface area contributed by atoms with Gasteiger partial charge in [-0.2, -0.15) is 0 Å². The van der Waals surface area contributed by atoms with Gasteiger partial charge in [-0.1, -0.05) is 22.1 Å². The molecule has 0 aliphatic rings. The van der Waals surface area contributed by atoms with Crippen LogP contribution in [0.15, 0.2) is 60.9 Å². The van der Waals surface area contributed by atoms with E-state index in [1.54, 1.807) is 24.3 Å². The van der Waals surface area contributed by atoms with Crippen LogP contribution in [0.5, 0.6) is 0 Å². The number of hydrogen-bond acceptors (Lipinski definition) is 10. The largest absolute Gasteiger partial charge is 0.543 e. The van der Waals surface area contributed by atoms with Crippen molar-refractivity contribution < 1.29 is 35.2 Å². The minimum Gasteiger partial charge on any atom is -0.543 e. The molecule has 13 heteroatoms. The number of nitrogen functional groups attached to an aromatic ring is 2. The van der Waals surface area contributed by atoms with Gasteiger partial charge in [0.25, 0.3) is 0 Å². The average molecular weight is 511 g/mol. The molecule has 0 unspecified atom stereocenters. The maximum atomic E-state index is 10.0. The molecule has 4 aromatic heterocycles. The second kappa shape index (κ2) is 16.6. The summed E-state index contributed by atoms with van der Waals surface area (Å²) in [5.74, 6) is -1.52. The molecule has 0 amide bonds. The van der Waals surface area contributed by atoms with E-state index in [4.69, 9.17) is 11.5 Å². The first kappa shape index (κ1) is 32.0. The number of aromatic carboxylic acids is 2. The number of aromatic amines is 2. The molecule has 4 rings (SSSR count). The van der Waals surface area contributed by atoms with Crippen LogP contribution in [0.4, 0.5) is 11.9 Å². The summed E-state index contributed by atoms with van der Waals surface area (Å²) in [5.41, 5.74) is 14.7. The summed E-state index contributed by atoms with van der Waals surface area (Å²) in [6.07, 6.45) is 2.82. The Bertz CT molecular complexity index is 1060. The molecule has 4 aromatic rings. The SMILES string of the molecule is Cc1cc(C)[nH+]c(N)n1.Cc1cc(C)[nH+]c(N)n1.O.O=C([O-])c1ccccn1.O=C([O-])c1ccccn1. The average Bonchev–Trinajstić information content (AvgIpc) is 2.80. The number of aromatic nitrogens is 6. The molecule has 0 atom stereocenters. The van der Waals surface area contributed by atoms with Gasteiger partial charge in [-0.25, -0.2) is 9.97 Å². The number of aryl methyl sites for hydroxylation is 4. The minimum absolute atomic E-state index is 0. The van der Waals surface area contributed by atoms with E-state index in [2.05, 4.69) is 29.9 Å². The number of pyridine rings is 2. The number of anilines is 2. The number of carbonyl (C=O) groups excluding carboxylic acids is 2. The summed E-state index contributed by atoms with van der Waals surface area (Å²) in [7, 11) is 0. The van der Waals surface area contributed by atoms with E-state index in [1.807, 2.05) is 39.8 Å². The number of carboxylic acids is 2. The van der Waals surface area contributed by atoms with E-state index in [0.29, 0.717) is 11.9 Å². The van der Waals surface area contributed by atoms with Crippen LogP contribution in [0, 0.1) is 27.7 Å². The number of hydrogen-bond donors (Lipinski definition) is 2. The highest BCUT2D eigenvalue weighted by Crippen LogP contribution is 1.94. The lowest BCUT2D eigenvalue weighted by Gasteiger charge is -1.96. The Kier molecular flexibility index (Phi) is 14.3. The van der Waals surface area contributed by atoms with Crippen molar-refractivity contribution in [3.63, 3.8) is 0 Å². The van der Waals surface area contributed by atoms with Crippen LogP contribution in [-0.2, 0) is 0 Å². The molecule has 0 aliphatic heterocycles. The molecule has 196 valence electrons. The zero-order chi connectivity index (χ0) is 27.1. The first-order valence-electron chi connectivity index (χ1n) is 10.5. The van der Waals surface area contributed by atoms with Crippen molar-refractivity contribution in [3.05, 3.63) is 95.1 Å². The second-order valence-electron chi connectivity index (χ2n) is 7.19. The molecule has 37 heavy (non-hydrogen) atoms. The van der Waals surface area contributed by atoms with Crippen LogP contribution in [0.2, 0.25) is 0 Å². The van der Waals surface area contributed by atoms with E-state index < -0.39 is 11.9 Å². The van der Waals surface area contributed by atoms with Crippen LogP contribution in [-0.4, -0.2) is 37.4 Å². The van der Waals surface area contributed by atoms with Gasteiger partial charge >= 0.3 is 11.9 Å². The molecule has 0 bridgehead atoms. The summed E-state index contributed by atoms with van der Waals surface area (Å²) in [4.78, 5) is 40.8. The fourth-order valence-corrected chi connectivity index (χ4v) is 2.57. The Balaban J connectivity index is 0.000000463. The van der Waals surface area contributed by atoms with Gasteiger partial charge in [0.15, 0.2) is 0 Å². The number of H-pyrrole nitrogens is 2. The van der Waals surface area contributed by atoms with Crippen LogP contribution in [0.25, 0.3) is 0 Å². The molecule has 0 aromatic carbocycles. The number of nitrogens with zero attached hydrogens (tertiary/aromatic N) is 4. The zero-order valence-electron chi connectivity index (χ0n) is 20.9. The summed E-state index contributed by atoms with van der Waals surface area (Å²) in [6.45, 7) is 7.73. The van der Waals surface area contributed by atoms with Crippen molar-refractivity contribution in [1.82, 2.24) is 19.9 Å². The first-order valence-corrected chi connectivity index (χ1v) is 10.5. The maximum absolute atomic E-state index is 10.0. The fraction of sp³-hybridized carbons (Fsp3) is 0.167. The van der Waals surface area contributed by atoms with Gasteiger partial charge in [-0.3, -0.25) is 21.4 Å². The third kappa shape index (κ3) is 14.1. The van der Waals surface area contributed by atoms with Gasteiger partial charge in [0.05, 0.1) is 34.7 Å². The number of rotatable bonds is 2. The van der Waals surface area contributed by atoms with Crippen molar-refractivity contribution in [2.24, 2.45) is 0 Å². The smallest absolute Gasteiger partial charge is 0.387 e. The van der Waals surface area contributed by atoms with E-state index >= 15 is 0 Å². The molecule has 0 saturated heterocycles.